The maximum Gasteiger partial charge on any atom is 0.524 e. The number of allylic oxidation sites excluding steroid dienone is 1. The van der Waals surface area contributed by atoms with Gasteiger partial charge in [0.1, 0.15) is 5.75 Å². The van der Waals surface area contributed by atoms with Gasteiger partial charge in [-0.15, -0.1) is 6.58 Å². The minimum absolute atomic E-state index is 0.0694. The molecule has 0 unspecified atom stereocenters. The Morgan fingerprint density at radius 1 is 1.04 bits per heavy atom. The largest absolute Gasteiger partial charge is 0.524 e. The molecule has 1 aromatic carbocycles. The van der Waals surface area contributed by atoms with E-state index in [1.54, 1.807) is 29.2 Å². The molecule has 1 aromatic rings. The number of aliphatic hydroxyl groups is 3. The van der Waals surface area contributed by atoms with Crippen LogP contribution in [0.2, 0.25) is 0 Å². The maximum absolute atomic E-state index is 10.6. The van der Waals surface area contributed by atoms with Crippen molar-refractivity contribution in [1.82, 2.24) is 4.90 Å². The van der Waals surface area contributed by atoms with Crippen LogP contribution in [0.5, 0.6) is 5.75 Å². The first-order valence-corrected chi connectivity index (χ1v) is 8.89. The zero-order valence-electron chi connectivity index (χ0n) is 13.5. The highest BCUT2D eigenvalue weighted by molar-refractivity contribution is 7.46. The van der Waals surface area contributed by atoms with E-state index in [9.17, 15) is 4.57 Å². The number of rotatable bonds is 10. The molecule has 0 heterocycles. The zero-order valence-corrected chi connectivity index (χ0v) is 14.4. The lowest BCUT2D eigenvalue weighted by Gasteiger charge is -2.17. The molecule has 0 aliphatic rings. The summed E-state index contributed by atoms with van der Waals surface area (Å²) in [5.41, 5.74) is 0.700. The summed E-state index contributed by atoms with van der Waals surface area (Å²) in [4.78, 5) is 19.0. The smallest absolute Gasteiger partial charge is 0.404 e. The van der Waals surface area contributed by atoms with Gasteiger partial charge in [0, 0.05) is 19.6 Å². The minimum Gasteiger partial charge on any atom is -0.404 e. The molecule has 0 atom stereocenters. The molecular weight excluding hydrogens is 337 g/mol. The number of para-hydroxylation sites is 1. The van der Waals surface area contributed by atoms with Crippen molar-refractivity contribution in [3.8, 4) is 5.75 Å². The summed E-state index contributed by atoms with van der Waals surface area (Å²) in [7, 11) is -4.47. The summed E-state index contributed by atoms with van der Waals surface area (Å²) in [6.07, 6.45) is 2.15. The van der Waals surface area contributed by atoms with Crippen LogP contribution in [0.15, 0.2) is 36.9 Å². The van der Waals surface area contributed by atoms with Crippen molar-refractivity contribution in [2.24, 2.45) is 0 Å². The third-order valence-corrected chi connectivity index (χ3v) is 3.24. The highest BCUT2D eigenvalue weighted by Crippen LogP contribution is 2.39. The zero-order chi connectivity index (χ0) is 18.4. The highest BCUT2D eigenvalue weighted by Gasteiger charge is 2.17. The van der Waals surface area contributed by atoms with Crippen molar-refractivity contribution in [1.29, 1.82) is 0 Å². The van der Waals surface area contributed by atoms with Crippen molar-refractivity contribution in [3.05, 3.63) is 42.5 Å². The van der Waals surface area contributed by atoms with Gasteiger partial charge in [0.05, 0.1) is 19.8 Å². The van der Waals surface area contributed by atoms with Gasteiger partial charge in [0.25, 0.3) is 0 Å². The Hall–Kier alpha value is -1.25. The van der Waals surface area contributed by atoms with E-state index < -0.39 is 7.82 Å². The van der Waals surface area contributed by atoms with E-state index in [1.165, 1.54) is 6.07 Å². The van der Waals surface area contributed by atoms with Crippen LogP contribution in [0.3, 0.4) is 0 Å². The molecule has 0 aromatic heterocycles. The predicted octanol–water partition coefficient (Wildman–Crippen LogP) is 0.152. The van der Waals surface area contributed by atoms with Crippen LogP contribution in [0.4, 0.5) is 0 Å². The molecule has 0 aliphatic carbocycles. The fourth-order valence-corrected chi connectivity index (χ4v) is 2.24. The summed E-state index contributed by atoms with van der Waals surface area (Å²) in [6, 6.07) is 6.66. The van der Waals surface area contributed by atoms with Gasteiger partial charge in [0.2, 0.25) is 0 Å². The predicted molar refractivity (Wildman–Crippen MR) is 90.7 cm³/mol. The van der Waals surface area contributed by atoms with Gasteiger partial charge in [-0.3, -0.25) is 14.7 Å². The van der Waals surface area contributed by atoms with Gasteiger partial charge in [-0.1, -0.05) is 24.3 Å². The maximum atomic E-state index is 10.6. The van der Waals surface area contributed by atoms with Crippen LogP contribution < -0.4 is 4.52 Å². The Labute approximate surface area is 141 Å². The van der Waals surface area contributed by atoms with E-state index in [4.69, 9.17) is 25.1 Å². The third-order valence-electron chi connectivity index (χ3n) is 2.80. The van der Waals surface area contributed by atoms with E-state index in [0.29, 0.717) is 31.6 Å². The van der Waals surface area contributed by atoms with E-state index in [2.05, 4.69) is 11.1 Å². The van der Waals surface area contributed by atoms with Gasteiger partial charge in [-0.2, -0.15) is 0 Å². The van der Waals surface area contributed by atoms with Crippen molar-refractivity contribution in [2.45, 2.75) is 6.42 Å². The fraction of sp³-hybridized carbons (Fsp3) is 0.467. The Morgan fingerprint density at radius 3 is 1.96 bits per heavy atom. The third kappa shape index (κ3) is 11.3. The molecule has 138 valence electrons. The molecule has 0 saturated carbocycles. The summed E-state index contributed by atoms with van der Waals surface area (Å²) in [5, 5.41) is 25.5. The van der Waals surface area contributed by atoms with Crippen molar-refractivity contribution in [2.75, 3.05) is 39.5 Å². The van der Waals surface area contributed by atoms with Crippen LogP contribution in [-0.4, -0.2) is 69.5 Å². The second kappa shape index (κ2) is 13.1. The minimum atomic E-state index is -4.47. The molecule has 5 N–H and O–H groups in total. The molecule has 1 rings (SSSR count). The number of phosphoric acid groups is 1. The number of nitrogens with zero attached hydrogens (tertiary/aromatic N) is 1. The van der Waals surface area contributed by atoms with Crippen LogP contribution in [0.1, 0.15) is 5.56 Å². The molecule has 0 aliphatic heterocycles. The first-order valence-electron chi connectivity index (χ1n) is 7.36. The SMILES string of the molecule is C=CCc1ccccc1OP(=O)(O)O.OCCN(CCO)CCO. The first-order chi connectivity index (χ1) is 11.4. The molecule has 0 fully saturated rings. The Bertz CT molecular complexity index is 492. The molecule has 0 radical (unpaired) electrons. The van der Waals surface area contributed by atoms with E-state index >= 15 is 0 Å². The quantitative estimate of drug-likeness (QED) is 0.293. The van der Waals surface area contributed by atoms with Crippen molar-refractivity contribution in [3.63, 3.8) is 0 Å². The van der Waals surface area contributed by atoms with Crippen LogP contribution >= 0.6 is 7.82 Å². The van der Waals surface area contributed by atoms with Gasteiger partial charge in [-0.05, 0) is 18.1 Å². The summed E-state index contributed by atoms with van der Waals surface area (Å²) < 4.78 is 15.1. The second-order valence-electron chi connectivity index (χ2n) is 4.69. The van der Waals surface area contributed by atoms with E-state index in [-0.39, 0.29) is 25.6 Å². The number of aliphatic hydroxyl groups excluding tert-OH is 3. The van der Waals surface area contributed by atoms with Crippen LogP contribution in [0, 0.1) is 0 Å². The molecule has 8 nitrogen and oxygen atoms in total. The van der Waals surface area contributed by atoms with E-state index in [1.807, 2.05) is 0 Å². The Morgan fingerprint density at radius 2 is 1.54 bits per heavy atom. The molecule has 24 heavy (non-hydrogen) atoms. The van der Waals surface area contributed by atoms with Gasteiger partial charge in [0.15, 0.2) is 0 Å². The fourth-order valence-electron chi connectivity index (χ4n) is 1.80. The average molecular weight is 363 g/mol. The highest BCUT2D eigenvalue weighted by atomic mass is 31.2. The van der Waals surface area contributed by atoms with Crippen molar-refractivity contribution >= 4 is 7.82 Å². The molecule has 0 spiro atoms. The average Bonchev–Trinajstić information content (AvgIpc) is 2.50. The monoisotopic (exact) mass is 363 g/mol. The summed E-state index contributed by atoms with van der Waals surface area (Å²) >= 11 is 0. The Kier molecular flexibility index (Phi) is 12.4. The lowest BCUT2D eigenvalue weighted by molar-refractivity contribution is 0.136. The van der Waals surface area contributed by atoms with Gasteiger partial charge >= 0.3 is 7.82 Å². The molecule has 0 bridgehead atoms. The molecule has 0 saturated heterocycles. The lowest BCUT2D eigenvalue weighted by Crippen LogP contribution is -2.32. The van der Waals surface area contributed by atoms with Crippen LogP contribution in [-0.2, 0) is 11.0 Å². The lowest BCUT2D eigenvalue weighted by atomic mass is 10.1. The summed E-state index contributed by atoms with van der Waals surface area (Å²) in [5.74, 6) is 0.195. The Balaban J connectivity index is 0.000000470. The molecule has 9 heteroatoms. The number of benzene rings is 1. The normalized spacial score (nSPS) is 10.9. The standard InChI is InChI=1S/C9H11O4P.C6H15NO3/c1-2-5-8-6-3-4-7-9(8)13-14(10,11)12;8-4-1-7(2-5-9)3-6-10/h2-4,6-7H,1,5H2,(H2,10,11,12);8-10H,1-6H2. The number of hydrogen-bond acceptors (Lipinski definition) is 6. The topological polar surface area (TPSA) is 131 Å². The summed E-state index contributed by atoms with van der Waals surface area (Å²) in [6.45, 7) is 5.30. The van der Waals surface area contributed by atoms with E-state index in [0.717, 1.165) is 0 Å². The second-order valence-corrected chi connectivity index (χ2v) is 5.86. The first kappa shape index (κ1) is 22.8. The molecular formula is C15H26NO7P. The number of hydrogen-bond donors (Lipinski definition) is 5. The number of phosphoric ester groups is 1. The van der Waals surface area contributed by atoms with Crippen molar-refractivity contribution < 1.29 is 34.2 Å². The van der Waals surface area contributed by atoms with Gasteiger partial charge in [-0.25, -0.2) is 4.57 Å². The van der Waals surface area contributed by atoms with Gasteiger partial charge < -0.3 is 19.8 Å². The molecule has 0 amide bonds. The van der Waals surface area contributed by atoms with Crippen LogP contribution in [0.25, 0.3) is 0 Å².